The Morgan fingerprint density at radius 3 is 2.84 bits per heavy atom. The van der Waals surface area contributed by atoms with Crippen LogP contribution in [0.2, 0.25) is 0 Å². The number of ether oxygens (including phenoxy) is 1. The number of aliphatic imine (C=N–C) groups is 1. The molecule has 0 aliphatic carbocycles. The van der Waals surface area contributed by atoms with Crippen molar-refractivity contribution in [3.8, 4) is 0 Å². The van der Waals surface area contributed by atoms with Gasteiger partial charge in [0.05, 0.1) is 13.7 Å². The molecule has 0 aliphatic heterocycles. The first-order valence-corrected chi connectivity index (χ1v) is 8.54. The van der Waals surface area contributed by atoms with Crippen LogP contribution in [-0.2, 0) is 16.1 Å². The lowest BCUT2D eigenvalue weighted by Crippen LogP contribution is -2.37. The molecule has 25 heavy (non-hydrogen) atoms. The second kappa shape index (κ2) is 10.3. The zero-order valence-corrected chi connectivity index (χ0v) is 14.9. The van der Waals surface area contributed by atoms with E-state index < -0.39 is 0 Å². The summed E-state index contributed by atoms with van der Waals surface area (Å²) in [5.41, 5.74) is 0.828. The summed E-state index contributed by atoms with van der Waals surface area (Å²) in [6.07, 6.45) is 6.43. The molecule has 0 radical (unpaired) electrons. The summed E-state index contributed by atoms with van der Waals surface area (Å²) in [7, 11) is 3.17. The van der Waals surface area contributed by atoms with Crippen molar-refractivity contribution in [1.82, 2.24) is 25.2 Å². The molecule has 2 aromatic rings. The van der Waals surface area contributed by atoms with Crippen LogP contribution in [0.4, 0.5) is 0 Å². The van der Waals surface area contributed by atoms with Gasteiger partial charge >= 0.3 is 5.97 Å². The molecule has 2 N–H and O–H groups in total. The van der Waals surface area contributed by atoms with Gasteiger partial charge < -0.3 is 15.4 Å². The third-order valence-corrected chi connectivity index (χ3v) is 3.85. The van der Waals surface area contributed by atoms with Crippen LogP contribution in [0.15, 0.2) is 29.4 Å². The molecule has 8 nitrogen and oxygen atoms in total. The van der Waals surface area contributed by atoms with Crippen molar-refractivity contribution in [2.75, 3.05) is 20.7 Å². The molecule has 0 spiro atoms. The third kappa shape index (κ3) is 6.06. The molecule has 0 amide bonds. The molecule has 0 atom stereocenters. The second-order valence-corrected chi connectivity index (χ2v) is 5.64. The van der Waals surface area contributed by atoms with Crippen LogP contribution in [-0.4, -0.2) is 47.2 Å². The number of esters is 1. The zero-order valence-electron chi connectivity index (χ0n) is 14.9. The average molecular weight is 346 g/mol. The van der Waals surface area contributed by atoms with Crippen LogP contribution in [0.1, 0.15) is 37.9 Å². The summed E-state index contributed by atoms with van der Waals surface area (Å²) in [6, 6.07) is 5.81. The van der Waals surface area contributed by atoms with Gasteiger partial charge in [-0.3, -0.25) is 14.2 Å². The Hall–Kier alpha value is -2.64. The van der Waals surface area contributed by atoms with E-state index in [0.29, 0.717) is 13.0 Å². The highest BCUT2D eigenvalue weighted by molar-refractivity contribution is 5.79. The minimum Gasteiger partial charge on any atom is -0.469 e. The van der Waals surface area contributed by atoms with Gasteiger partial charge in [0, 0.05) is 26.2 Å². The number of hydrogen-bond donors (Lipinski definition) is 2. The standard InChI is InChI=1S/C17H26N6O2/c1-18-17(19-11-7-4-3-5-10-16(24)25-2)20-13-15-22-21-14-9-6-8-12-23(14)15/h6,8-9,12H,3-5,7,10-11,13H2,1-2H3,(H2,18,19,20). The molecule has 0 unspecified atom stereocenters. The van der Waals surface area contributed by atoms with E-state index in [0.717, 1.165) is 49.7 Å². The van der Waals surface area contributed by atoms with Crippen molar-refractivity contribution in [3.63, 3.8) is 0 Å². The first-order chi connectivity index (χ1) is 12.2. The molecule has 2 rings (SSSR count). The fourth-order valence-corrected chi connectivity index (χ4v) is 2.45. The smallest absolute Gasteiger partial charge is 0.305 e. The molecule has 0 bridgehead atoms. The molecule has 0 aliphatic rings. The van der Waals surface area contributed by atoms with Crippen molar-refractivity contribution in [1.29, 1.82) is 0 Å². The summed E-state index contributed by atoms with van der Waals surface area (Å²) >= 11 is 0. The van der Waals surface area contributed by atoms with Gasteiger partial charge in [-0.2, -0.15) is 0 Å². The van der Waals surface area contributed by atoms with Gasteiger partial charge in [0.2, 0.25) is 0 Å². The lowest BCUT2D eigenvalue weighted by molar-refractivity contribution is -0.140. The molecular weight excluding hydrogens is 320 g/mol. The van der Waals surface area contributed by atoms with Crippen molar-refractivity contribution in [3.05, 3.63) is 30.2 Å². The molecule has 0 saturated heterocycles. The van der Waals surface area contributed by atoms with Crippen LogP contribution < -0.4 is 10.6 Å². The van der Waals surface area contributed by atoms with E-state index in [4.69, 9.17) is 0 Å². The monoisotopic (exact) mass is 346 g/mol. The number of carbonyl (C=O) groups is 1. The Bertz CT molecular complexity index is 697. The summed E-state index contributed by atoms with van der Waals surface area (Å²) in [5.74, 6) is 1.44. The molecule has 0 saturated carbocycles. The number of nitrogens with one attached hydrogen (secondary N) is 2. The number of guanidine groups is 1. The highest BCUT2D eigenvalue weighted by atomic mass is 16.5. The number of methoxy groups -OCH3 is 1. The second-order valence-electron chi connectivity index (χ2n) is 5.64. The molecular formula is C17H26N6O2. The fourth-order valence-electron chi connectivity index (χ4n) is 2.45. The quantitative estimate of drug-likeness (QED) is 0.309. The Labute approximate surface area is 147 Å². The van der Waals surface area contributed by atoms with Crippen molar-refractivity contribution in [2.24, 2.45) is 4.99 Å². The third-order valence-electron chi connectivity index (χ3n) is 3.85. The van der Waals surface area contributed by atoms with Gasteiger partial charge in [-0.05, 0) is 25.0 Å². The maximum Gasteiger partial charge on any atom is 0.305 e. The summed E-state index contributed by atoms with van der Waals surface area (Å²) < 4.78 is 6.57. The minimum absolute atomic E-state index is 0.135. The minimum atomic E-state index is -0.135. The topological polar surface area (TPSA) is 92.9 Å². The van der Waals surface area contributed by atoms with Crippen LogP contribution >= 0.6 is 0 Å². The Morgan fingerprint density at radius 1 is 1.20 bits per heavy atom. The zero-order chi connectivity index (χ0) is 17.9. The average Bonchev–Trinajstić information content (AvgIpc) is 3.06. The number of aromatic nitrogens is 3. The number of unbranched alkanes of at least 4 members (excludes halogenated alkanes) is 3. The SMILES string of the molecule is CN=C(NCCCCCCC(=O)OC)NCc1nnc2ccccn12. The summed E-state index contributed by atoms with van der Waals surface area (Å²) in [6.45, 7) is 1.38. The van der Waals surface area contributed by atoms with E-state index in [1.54, 1.807) is 7.05 Å². The van der Waals surface area contributed by atoms with E-state index in [9.17, 15) is 4.79 Å². The highest BCUT2D eigenvalue weighted by Crippen LogP contribution is 2.04. The van der Waals surface area contributed by atoms with Gasteiger partial charge in [0.15, 0.2) is 17.4 Å². The van der Waals surface area contributed by atoms with Gasteiger partial charge in [-0.25, -0.2) is 0 Å². The van der Waals surface area contributed by atoms with E-state index in [1.165, 1.54) is 7.11 Å². The van der Waals surface area contributed by atoms with E-state index in [-0.39, 0.29) is 5.97 Å². The van der Waals surface area contributed by atoms with Crippen LogP contribution in [0.5, 0.6) is 0 Å². The van der Waals surface area contributed by atoms with Gasteiger partial charge in [0.1, 0.15) is 0 Å². The van der Waals surface area contributed by atoms with Crippen LogP contribution in [0, 0.1) is 0 Å². The molecule has 8 heteroatoms. The predicted octanol–water partition coefficient (Wildman–Crippen LogP) is 1.52. The van der Waals surface area contributed by atoms with Gasteiger partial charge in [-0.1, -0.05) is 18.9 Å². The Morgan fingerprint density at radius 2 is 2.04 bits per heavy atom. The first kappa shape index (κ1) is 18.7. The number of fused-ring (bicyclic) bond motifs is 1. The van der Waals surface area contributed by atoms with Gasteiger partial charge in [0.25, 0.3) is 0 Å². The van der Waals surface area contributed by atoms with Crippen molar-refractivity contribution < 1.29 is 9.53 Å². The lowest BCUT2D eigenvalue weighted by atomic mass is 10.1. The normalized spacial score (nSPS) is 11.5. The highest BCUT2D eigenvalue weighted by Gasteiger charge is 2.05. The Kier molecular flexibility index (Phi) is 7.68. The number of hydrogen-bond acceptors (Lipinski definition) is 5. The molecule has 2 aromatic heterocycles. The fraction of sp³-hybridized carbons (Fsp3) is 0.529. The summed E-state index contributed by atoms with van der Waals surface area (Å²) in [5, 5.41) is 14.8. The van der Waals surface area contributed by atoms with Crippen molar-refractivity contribution >= 4 is 17.6 Å². The van der Waals surface area contributed by atoms with Crippen molar-refractivity contribution in [2.45, 2.75) is 38.6 Å². The maximum atomic E-state index is 11.0. The molecule has 2 heterocycles. The van der Waals surface area contributed by atoms with Crippen LogP contribution in [0.3, 0.4) is 0 Å². The number of carbonyl (C=O) groups excluding carboxylic acids is 1. The summed E-state index contributed by atoms with van der Waals surface area (Å²) in [4.78, 5) is 15.2. The Balaban J connectivity index is 1.63. The van der Waals surface area contributed by atoms with Gasteiger partial charge in [-0.15, -0.1) is 10.2 Å². The van der Waals surface area contributed by atoms with E-state index in [2.05, 4.69) is 30.6 Å². The van der Waals surface area contributed by atoms with Crippen LogP contribution in [0.25, 0.3) is 5.65 Å². The first-order valence-electron chi connectivity index (χ1n) is 8.54. The van der Waals surface area contributed by atoms with E-state index >= 15 is 0 Å². The number of nitrogens with zero attached hydrogens (tertiary/aromatic N) is 4. The maximum absolute atomic E-state index is 11.0. The number of rotatable bonds is 9. The largest absolute Gasteiger partial charge is 0.469 e. The molecule has 0 fully saturated rings. The molecule has 0 aromatic carbocycles. The molecule has 136 valence electrons. The van der Waals surface area contributed by atoms with E-state index in [1.807, 2.05) is 28.8 Å². The number of pyridine rings is 1. The lowest BCUT2D eigenvalue weighted by Gasteiger charge is -2.11. The predicted molar refractivity (Wildman–Crippen MR) is 96.3 cm³/mol.